The topological polar surface area (TPSA) is 99.8 Å². The molecule has 0 spiro atoms. The predicted molar refractivity (Wildman–Crippen MR) is 125 cm³/mol. The summed E-state index contributed by atoms with van der Waals surface area (Å²) in [6.07, 6.45) is 0.884. The Morgan fingerprint density at radius 3 is 2.80 bits per heavy atom. The highest BCUT2D eigenvalue weighted by Crippen LogP contribution is 2.39. The molecule has 1 saturated carbocycles. The van der Waals surface area contributed by atoms with Gasteiger partial charge in [0.1, 0.15) is 17.3 Å². The maximum atomic E-state index is 14.0. The summed E-state index contributed by atoms with van der Waals surface area (Å²) in [4.78, 5) is 16.1. The average Bonchev–Trinajstić information content (AvgIpc) is 3.51. The van der Waals surface area contributed by atoms with Gasteiger partial charge in [0.05, 0.1) is 18.0 Å². The first-order valence-corrected chi connectivity index (χ1v) is 12.2. The first kappa shape index (κ1) is 22.7. The molecular weight excluding hydrogens is 459 g/mol. The Hall–Kier alpha value is -2.76. The van der Waals surface area contributed by atoms with Crippen LogP contribution in [0, 0.1) is 11.8 Å². The second kappa shape index (κ2) is 9.03. The number of halogens is 3. The van der Waals surface area contributed by atoms with Crippen LogP contribution in [0.5, 0.6) is 0 Å². The molecule has 4 atom stereocenters. The summed E-state index contributed by atoms with van der Waals surface area (Å²) < 4.78 is 47.6. The molecule has 3 aromatic heterocycles. The van der Waals surface area contributed by atoms with Crippen LogP contribution in [0.15, 0.2) is 24.5 Å². The van der Waals surface area contributed by atoms with Crippen LogP contribution in [0.3, 0.4) is 0 Å². The van der Waals surface area contributed by atoms with Gasteiger partial charge in [-0.1, -0.05) is 6.42 Å². The van der Waals surface area contributed by atoms with Gasteiger partial charge >= 0.3 is 6.18 Å². The fourth-order valence-electron chi connectivity index (χ4n) is 5.71. The lowest BCUT2D eigenvalue weighted by atomic mass is 9.78. The third-order valence-electron chi connectivity index (χ3n) is 7.48. The molecule has 8 nitrogen and oxygen atoms in total. The zero-order valence-corrected chi connectivity index (χ0v) is 19.2. The smallest absolute Gasteiger partial charge is 0.369 e. The largest absolute Gasteiger partial charge is 0.419 e. The molecular formula is C24H28F3N7O. The summed E-state index contributed by atoms with van der Waals surface area (Å²) in [6, 6.07) is 3.73. The number of ether oxygens (including phenoxy) is 1. The zero-order chi connectivity index (χ0) is 24.0. The molecule has 0 radical (unpaired) electrons. The Morgan fingerprint density at radius 1 is 1.06 bits per heavy atom. The van der Waals surface area contributed by atoms with Crippen LogP contribution in [-0.4, -0.2) is 58.8 Å². The summed E-state index contributed by atoms with van der Waals surface area (Å²) >= 11 is 0. The number of pyridine rings is 1. The molecule has 2 aliphatic heterocycles. The highest BCUT2D eigenvalue weighted by atomic mass is 19.4. The number of hydrogen-bond acceptors (Lipinski definition) is 7. The van der Waals surface area contributed by atoms with E-state index in [9.17, 15) is 13.2 Å². The minimum atomic E-state index is -4.59. The molecule has 3 aromatic rings. The van der Waals surface area contributed by atoms with Crippen LogP contribution < -0.4 is 16.0 Å². The van der Waals surface area contributed by atoms with Gasteiger partial charge in [-0.3, -0.25) is 0 Å². The number of nitrogens with one attached hydrogen (secondary N) is 4. The molecule has 0 bridgehead atoms. The Morgan fingerprint density at radius 2 is 1.97 bits per heavy atom. The van der Waals surface area contributed by atoms with Crippen LogP contribution in [0.2, 0.25) is 0 Å². The molecule has 4 N–H and O–H groups in total. The van der Waals surface area contributed by atoms with E-state index in [0.29, 0.717) is 41.6 Å². The van der Waals surface area contributed by atoms with E-state index in [2.05, 4.69) is 35.9 Å². The number of anilines is 1. The summed E-state index contributed by atoms with van der Waals surface area (Å²) in [5.41, 5.74) is 0.569. The van der Waals surface area contributed by atoms with E-state index in [4.69, 9.17) is 4.74 Å². The first-order valence-electron chi connectivity index (χ1n) is 12.2. The van der Waals surface area contributed by atoms with Gasteiger partial charge in [0.2, 0.25) is 5.95 Å². The monoisotopic (exact) mass is 487 g/mol. The van der Waals surface area contributed by atoms with Gasteiger partial charge < -0.3 is 25.7 Å². The molecule has 1 unspecified atom stereocenters. The van der Waals surface area contributed by atoms with Crippen molar-refractivity contribution < 1.29 is 17.9 Å². The summed E-state index contributed by atoms with van der Waals surface area (Å²) in [7, 11) is 0. The number of aromatic amines is 1. The molecule has 5 heterocycles. The summed E-state index contributed by atoms with van der Waals surface area (Å²) in [5, 5.41) is 10.6. The van der Waals surface area contributed by atoms with Gasteiger partial charge in [0.25, 0.3) is 0 Å². The quantitative estimate of drug-likeness (QED) is 0.447. The lowest BCUT2D eigenvalue weighted by Gasteiger charge is -2.33. The van der Waals surface area contributed by atoms with Crippen LogP contribution in [0.4, 0.5) is 19.1 Å². The number of morpholine rings is 1. The number of rotatable bonds is 4. The number of aromatic nitrogens is 4. The molecule has 1 aliphatic carbocycles. The molecule has 0 aromatic carbocycles. The molecule has 3 aliphatic rings. The molecule has 3 fully saturated rings. The van der Waals surface area contributed by atoms with Gasteiger partial charge in [-0.2, -0.15) is 13.2 Å². The predicted octanol–water partition coefficient (Wildman–Crippen LogP) is 3.50. The van der Waals surface area contributed by atoms with Crippen LogP contribution in [-0.2, 0) is 10.9 Å². The van der Waals surface area contributed by atoms with Crippen LogP contribution >= 0.6 is 0 Å². The normalized spacial score (nSPS) is 27.2. The highest BCUT2D eigenvalue weighted by molar-refractivity contribution is 5.93. The Balaban J connectivity index is 1.35. The first-order chi connectivity index (χ1) is 17.0. The number of alkyl halides is 3. The third-order valence-corrected chi connectivity index (χ3v) is 7.48. The van der Waals surface area contributed by atoms with Gasteiger partial charge in [0.15, 0.2) is 0 Å². The van der Waals surface area contributed by atoms with Gasteiger partial charge in [-0.15, -0.1) is 0 Å². The van der Waals surface area contributed by atoms with Crippen molar-refractivity contribution in [3.8, 4) is 11.3 Å². The fourth-order valence-corrected chi connectivity index (χ4v) is 5.71. The van der Waals surface area contributed by atoms with Crippen molar-refractivity contribution in [1.29, 1.82) is 0 Å². The Bertz CT molecular complexity index is 1210. The van der Waals surface area contributed by atoms with Crippen molar-refractivity contribution in [3.63, 3.8) is 0 Å². The lowest BCUT2D eigenvalue weighted by Crippen LogP contribution is -2.38. The van der Waals surface area contributed by atoms with E-state index in [1.807, 2.05) is 0 Å². The fraction of sp³-hybridized carbons (Fsp3) is 0.542. The van der Waals surface area contributed by atoms with Crippen molar-refractivity contribution in [2.75, 3.05) is 38.1 Å². The second-order valence-electron chi connectivity index (χ2n) is 9.62. The zero-order valence-electron chi connectivity index (χ0n) is 19.2. The van der Waals surface area contributed by atoms with E-state index in [-0.39, 0.29) is 23.8 Å². The lowest BCUT2D eigenvalue weighted by molar-refractivity contribution is -0.137. The molecule has 11 heteroatoms. The molecule has 186 valence electrons. The summed E-state index contributed by atoms with van der Waals surface area (Å²) in [5.74, 6) is 1.25. The number of H-pyrrole nitrogens is 1. The van der Waals surface area contributed by atoms with Gasteiger partial charge in [-0.05, 0) is 43.4 Å². The van der Waals surface area contributed by atoms with Crippen molar-refractivity contribution >= 4 is 17.0 Å². The van der Waals surface area contributed by atoms with Gasteiger partial charge in [-0.25, -0.2) is 15.0 Å². The minimum Gasteiger partial charge on any atom is -0.369 e. The molecule has 2 saturated heterocycles. The molecule has 0 amide bonds. The maximum absolute atomic E-state index is 14.0. The van der Waals surface area contributed by atoms with Crippen LogP contribution in [0.25, 0.3) is 22.3 Å². The minimum absolute atomic E-state index is 0.143. The van der Waals surface area contributed by atoms with Crippen molar-refractivity contribution in [3.05, 3.63) is 35.8 Å². The SMILES string of the molecule is FC(F)(F)c1cnc(N[C@@H]2CCC[C@@H]3CNC[C@@H]32)nc1-c1c[nH]c2nc(C3CNCCO3)ccc12. The van der Waals surface area contributed by atoms with Gasteiger partial charge in [0, 0.05) is 49.0 Å². The number of fused-ring (bicyclic) bond motifs is 2. The maximum Gasteiger partial charge on any atom is 0.419 e. The standard InChI is InChI=1S/C24H28F3N7O/c25-24(26,27)17-11-31-23(33-18-3-1-2-13-8-29-9-15(13)18)34-21(17)16-10-30-22-14(16)4-5-19(32-22)20-12-28-6-7-35-20/h4-5,10-11,13,15,18,20,28-29H,1-3,6-9,12H2,(H,30,32)(H,31,33,34)/t13-,15+,18-,20?/m1/s1. The van der Waals surface area contributed by atoms with E-state index in [1.54, 1.807) is 18.3 Å². The van der Waals surface area contributed by atoms with E-state index in [1.165, 1.54) is 6.42 Å². The van der Waals surface area contributed by atoms with Crippen molar-refractivity contribution in [1.82, 2.24) is 30.6 Å². The van der Waals surface area contributed by atoms with Crippen molar-refractivity contribution in [2.45, 2.75) is 37.6 Å². The second-order valence-corrected chi connectivity index (χ2v) is 9.62. The Labute approximate surface area is 200 Å². The molecule has 35 heavy (non-hydrogen) atoms. The number of hydrogen-bond donors (Lipinski definition) is 4. The Kier molecular flexibility index (Phi) is 5.85. The van der Waals surface area contributed by atoms with E-state index in [0.717, 1.165) is 44.4 Å². The van der Waals surface area contributed by atoms with Crippen LogP contribution in [0.1, 0.15) is 36.6 Å². The summed E-state index contributed by atoms with van der Waals surface area (Å²) in [6.45, 7) is 3.92. The third kappa shape index (κ3) is 4.36. The van der Waals surface area contributed by atoms with E-state index >= 15 is 0 Å². The van der Waals surface area contributed by atoms with Crippen molar-refractivity contribution in [2.24, 2.45) is 11.8 Å². The number of nitrogens with zero attached hydrogens (tertiary/aromatic N) is 3. The average molecular weight is 488 g/mol. The van der Waals surface area contributed by atoms with E-state index < -0.39 is 11.7 Å². The molecule has 6 rings (SSSR count). The highest BCUT2D eigenvalue weighted by Gasteiger charge is 2.38.